The molecule has 0 bridgehead atoms. The maximum absolute atomic E-state index is 13.5. The van der Waals surface area contributed by atoms with Crippen molar-refractivity contribution in [2.45, 2.75) is 37.5 Å². The third-order valence-corrected chi connectivity index (χ3v) is 7.53. The maximum Gasteiger partial charge on any atom is 0.339 e. The molecule has 6 aliphatic rings. The number of amides is 3. The molecule has 8 nitrogen and oxygen atoms in total. The molecule has 5 aliphatic heterocycles. The van der Waals surface area contributed by atoms with Gasteiger partial charge in [0.1, 0.15) is 12.3 Å². The van der Waals surface area contributed by atoms with Gasteiger partial charge in [-0.15, -0.1) is 0 Å². The molecule has 4 fully saturated rings. The Bertz CT molecular complexity index is 981. The number of allylic oxidation sites excluding steroid dienone is 1. The summed E-state index contributed by atoms with van der Waals surface area (Å²) in [6, 6.07) is -0.0995. The summed E-state index contributed by atoms with van der Waals surface area (Å²) in [7, 11) is 1.70. The fourth-order valence-electron chi connectivity index (χ4n) is 5.59. The molecule has 1 N–H and O–H groups in total. The Labute approximate surface area is 184 Å². The smallest absolute Gasteiger partial charge is 0.339 e. The summed E-state index contributed by atoms with van der Waals surface area (Å²) in [6.07, 6.45) is 9.65. The van der Waals surface area contributed by atoms with Crippen LogP contribution in [0.1, 0.15) is 19.3 Å². The van der Waals surface area contributed by atoms with Crippen LogP contribution in [-0.2, 0) is 4.79 Å². The zero-order chi connectivity index (χ0) is 22.2. The summed E-state index contributed by atoms with van der Waals surface area (Å²) >= 11 is 0. The highest BCUT2D eigenvalue weighted by atomic mass is 19.3. The maximum atomic E-state index is 13.5. The van der Waals surface area contributed by atoms with E-state index in [1.807, 2.05) is 18.2 Å². The Morgan fingerprint density at radius 3 is 2.81 bits per heavy atom. The lowest BCUT2D eigenvalue weighted by molar-refractivity contribution is -0.132. The van der Waals surface area contributed by atoms with Crippen molar-refractivity contribution in [1.29, 1.82) is 0 Å². The number of halogens is 2. The predicted octanol–water partition coefficient (Wildman–Crippen LogP) is 1.76. The molecule has 5 atom stereocenters. The number of rotatable bonds is 2. The number of urea groups is 1. The molecule has 0 radical (unpaired) electrons. The number of hydrogen-bond acceptors (Lipinski definition) is 5. The van der Waals surface area contributed by atoms with Crippen LogP contribution in [0.2, 0.25) is 0 Å². The van der Waals surface area contributed by atoms with Crippen LogP contribution in [0.3, 0.4) is 0 Å². The fourth-order valence-corrected chi connectivity index (χ4v) is 5.59. The van der Waals surface area contributed by atoms with Gasteiger partial charge in [-0.1, -0.05) is 6.08 Å². The average molecular weight is 444 g/mol. The SMILES string of the molecule is CN1NC2C=C(N3C[C@H]4C[C@@H]4C4C=C(C(=O)N5CCC(F)(F)CC5)C=NC43)C=CN2C1=O. The zero-order valence-electron chi connectivity index (χ0n) is 17.8. The lowest BCUT2D eigenvalue weighted by Crippen LogP contribution is -2.48. The molecule has 0 spiro atoms. The molecule has 0 aromatic heterocycles. The molecule has 3 saturated heterocycles. The number of alkyl halides is 2. The molecular weight excluding hydrogens is 418 g/mol. The van der Waals surface area contributed by atoms with E-state index >= 15 is 0 Å². The van der Waals surface area contributed by atoms with Gasteiger partial charge in [-0.25, -0.2) is 19.0 Å². The van der Waals surface area contributed by atoms with E-state index < -0.39 is 5.92 Å². The van der Waals surface area contributed by atoms with Gasteiger partial charge >= 0.3 is 6.03 Å². The first-order valence-electron chi connectivity index (χ1n) is 11.2. The van der Waals surface area contributed by atoms with Crippen LogP contribution < -0.4 is 5.43 Å². The van der Waals surface area contributed by atoms with Crippen molar-refractivity contribution in [3.05, 3.63) is 35.7 Å². The van der Waals surface area contributed by atoms with Crippen molar-refractivity contribution in [1.82, 2.24) is 25.1 Å². The van der Waals surface area contributed by atoms with Crippen LogP contribution in [0.5, 0.6) is 0 Å². The van der Waals surface area contributed by atoms with Gasteiger partial charge in [0.15, 0.2) is 0 Å². The lowest BCUT2D eigenvalue weighted by atomic mass is 9.88. The third kappa shape index (κ3) is 3.15. The number of carbonyl (C=O) groups is 2. The number of hydrazine groups is 1. The van der Waals surface area contributed by atoms with Crippen LogP contribution in [0.25, 0.3) is 0 Å². The standard InChI is InChI=1S/C22H26F2N6O2/c1-27-21(32)29-5-2-15(10-18(29)26-27)30-12-14-9-16(14)17-8-13(11-25-19(17)30)20(31)28-6-3-22(23,24)4-7-28/h2,5,8,10-11,14,16-19,26H,3-4,6-7,9,12H2,1H3/t14-,16+,17?,18?,19?/m1/s1. The Hall–Kier alpha value is -2.75. The highest BCUT2D eigenvalue weighted by Crippen LogP contribution is 2.53. The molecular formula is C22H26F2N6O2. The normalized spacial score (nSPS) is 37.0. The Balaban J connectivity index is 1.20. The van der Waals surface area contributed by atoms with Crippen LogP contribution in [0, 0.1) is 17.8 Å². The van der Waals surface area contributed by atoms with Gasteiger partial charge in [-0.05, 0) is 30.4 Å². The molecule has 170 valence electrons. The minimum Gasteiger partial charge on any atom is -0.349 e. The van der Waals surface area contributed by atoms with Crippen molar-refractivity contribution in [3.8, 4) is 0 Å². The number of carbonyl (C=O) groups excluding carboxylic acids is 2. The van der Waals surface area contributed by atoms with E-state index in [2.05, 4.69) is 10.3 Å². The molecule has 5 heterocycles. The first-order chi connectivity index (χ1) is 15.3. The van der Waals surface area contributed by atoms with Gasteiger partial charge in [0.25, 0.3) is 11.8 Å². The molecule has 1 saturated carbocycles. The first kappa shape index (κ1) is 19.9. The molecule has 3 unspecified atom stereocenters. The second kappa shape index (κ2) is 6.87. The van der Waals surface area contributed by atoms with Crippen LogP contribution in [0.4, 0.5) is 13.6 Å². The topological polar surface area (TPSA) is 71.5 Å². The van der Waals surface area contributed by atoms with Crippen molar-refractivity contribution < 1.29 is 18.4 Å². The summed E-state index contributed by atoms with van der Waals surface area (Å²) in [5.41, 5.74) is 4.67. The van der Waals surface area contributed by atoms with Gasteiger partial charge in [0.05, 0.1) is 5.57 Å². The highest BCUT2D eigenvalue weighted by molar-refractivity contribution is 6.12. The summed E-state index contributed by atoms with van der Waals surface area (Å²) in [4.78, 5) is 35.3. The van der Waals surface area contributed by atoms with Gasteiger partial charge < -0.3 is 9.80 Å². The van der Waals surface area contributed by atoms with Crippen LogP contribution in [-0.4, -0.2) is 82.8 Å². The fraction of sp³-hybridized carbons (Fsp3) is 0.591. The molecule has 0 aromatic carbocycles. The summed E-state index contributed by atoms with van der Waals surface area (Å²) in [5.74, 6) is -1.69. The number of piperidine rings is 2. The number of nitrogens with one attached hydrogen (secondary N) is 1. The number of hydrogen-bond donors (Lipinski definition) is 1. The summed E-state index contributed by atoms with van der Waals surface area (Å²) in [5, 5.41) is 1.47. The van der Waals surface area contributed by atoms with Gasteiger partial charge in [-0.2, -0.15) is 0 Å². The van der Waals surface area contributed by atoms with Crippen molar-refractivity contribution in [2.75, 3.05) is 26.7 Å². The summed E-state index contributed by atoms with van der Waals surface area (Å²) < 4.78 is 27.0. The van der Waals surface area contributed by atoms with E-state index in [-0.39, 0.29) is 56.1 Å². The van der Waals surface area contributed by atoms with Crippen LogP contribution >= 0.6 is 0 Å². The Morgan fingerprint density at radius 2 is 2.03 bits per heavy atom. The van der Waals surface area contributed by atoms with Crippen LogP contribution in [0.15, 0.2) is 40.7 Å². The Morgan fingerprint density at radius 1 is 1.25 bits per heavy atom. The van der Waals surface area contributed by atoms with E-state index in [0.29, 0.717) is 17.4 Å². The number of aliphatic imine (C=N–C) groups is 1. The largest absolute Gasteiger partial charge is 0.349 e. The van der Waals surface area contributed by atoms with E-state index in [1.54, 1.807) is 24.4 Å². The van der Waals surface area contributed by atoms with E-state index in [1.165, 1.54) is 9.91 Å². The first-order valence-corrected chi connectivity index (χ1v) is 11.2. The number of nitrogens with zero attached hydrogens (tertiary/aromatic N) is 5. The minimum absolute atomic E-state index is 0.0824. The zero-order valence-corrected chi connectivity index (χ0v) is 17.8. The van der Waals surface area contributed by atoms with Crippen molar-refractivity contribution in [2.24, 2.45) is 22.7 Å². The van der Waals surface area contributed by atoms with E-state index in [9.17, 15) is 18.4 Å². The quantitative estimate of drug-likeness (QED) is 0.705. The van der Waals surface area contributed by atoms with E-state index in [4.69, 9.17) is 4.99 Å². The number of dihydropyridines is 1. The van der Waals surface area contributed by atoms with Gasteiger partial charge in [0.2, 0.25) is 0 Å². The van der Waals surface area contributed by atoms with E-state index in [0.717, 1.165) is 18.7 Å². The molecule has 0 aromatic rings. The van der Waals surface area contributed by atoms with Gasteiger partial charge in [-0.3, -0.25) is 19.7 Å². The van der Waals surface area contributed by atoms with Crippen molar-refractivity contribution in [3.63, 3.8) is 0 Å². The number of likely N-dealkylation sites (tertiary alicyclic amines) is 2. The monoisotopic (exact) mass is 444 g/mol. The van der Waals surface area contributed by atoms with Crippen molar-refractivity contribution >= 4 is 18.2 Å². The molecule has 3 amide bonds. The molecule has 32 heavy (non-hydrogen) atoms. The second-order valence-corrected chi connectivity index (χ2v) is 9.58. The molecule has 10 heteroatoms. The number of fused-ring (bicyclic) bond motifs is 4. The highest BCUT2D eigenvalue weighted by Gasteiger charge is 2.53. The predicted molar refractivity (Wildman–Crippen MR) is 112 cm³/mol. The van der Waals surface area contributed by atoms with Gasteiger partial charge in [0, 0.05) is 63.6 Å². The minimum atomic E-state index is -2.67. The average Bonchev–Trinajstić information content (AvgIpc) is 3.51. The molecule has 1 aliphatic carbocycles. The summed E-state index contributed by atoms with van der Waals surface area (Å²) in [6.45, 7) is 1.06. The molecule has 6 rings (SSSR count). The third-order valence-electron chi connectivity index (χ3n) is 7.53. The Kier molecular flexibility index (Phi) is 4.27. The lowest BCUT2D eigenvalue weighted by Gasteiger charge is -2.42. The second-order valence-electron chi connectivity index (χ2n) is 9.58.